The fraction of sp³-hybridized carbons (Fsp3) is 0.400. The molecule has 7 heteroatoms. The third-order valence-corrected chi connectivity index (χ3v) is 4.89. The van der Waals surface area contributed by atoms with Crippen LogP contribution in [-0.4, -0.2) is 31.0 Å². The summed E-state index contributed by atoms with van der Waals surface area (Å²) in [7, 11) is 2.03. The number of hydrogen-bond acceptors (Lipinski definition) is 6. The van der Waals surface area contributed by atoms with Crippen LogP contribution in [0, 0.1) is 0 Å². The van der Waals surface area contributed by atoms with E-state index in [2.05, 4.69) is 32.1 Å². The van der Waals surface area contributed by atoms with E-state index >= 15 is 0 Å². The number of aryl methyl sites for hydroxylation is 1. The molecule has 2 N–H and O–H groups in total. The summed E-state index contributed by atoms with van der Waals surface area (Å²) in [5.74, 6) is 2.59. The molecule has 140 valence electrons. The molecule has 0 amide bonds. The largest absolute Gasteiger partial charge is 0.360 e. The second-order valence-corrected chi connectivity index (χ2v) is 6.84. The molecule has 1 aliphatic rings. The summed E-state index contributed by atoms with van der Waals surface area (Å²) in [4.78, 5) is 18.6. The molecule has 1 atom stereocenters. The van der Waals surface area contributed by atoms with E-state index in [1.165, 1.54) is 5.56 Å². The Morgan fingerprint density at radius 3 is 2.89 bits per heavy atom. The topological polar surface area (TPSA) is 80.6 Å². The number of nitrogens with zero attached hydrogens (tertiary/aromatic N) is 5. The molecular weight excluding hydrogens is 338 g/mol. The number of hydrogen-bond donors (Lipinski definition) is 2. The molecule has 0 radical (unpaired) electrons. The van der Waals surface area contributed by atoms with Gasteiger partial charge in [-0.25, -0.2) is 15.0 Å². The van der Waals surface area contributed by atoms with Gasteiger partial charge in [-0.15, -0.1) is 0 Å². The molecular formula is C20H25N7. The van der Waals surface area contributed by atoms with Gasteiger partial charge in [0.2, 0.25) is 0 Å². The average Bonchev–Trinajstić information content (AvgIpc) is 3.14. The van der Waals surface area contributed by atoms with E-state index in [4.69, 9.17) is 9.97 Å². The number of pyridine rings is 1. The summed E-state index contributed by atoms with van der Waals surface area (Å²) in [5, 5.41) is 7.08. The zero-order chi connectivity index (χ0) is 18.6. The Hall–Kier alpha value is -2.80. The first-order valence-electron chi connectivity index (χ1n) is 9.52. The quantitative estimate of drug-likeness (QED) is 0.701. The molecule has 0 saturated carbocycles. The molecule has 0 fully saturated rings. The number of fused-ring (bicyclic) bond motifs is 1. The molecule has 0 aliphatic carbocycles. The van der Waals surface area contributed by atoms with Crippen molar-refractivity contribution in [2.45, 2.75) is 38.8 Å². The lowest BCUT2D eigenvalue weighted by Gasteiger charge is -2.24. The van der Waals surface area contributed by atoms with Gasteiger partial charge in [0.05, 0.1) is 11.7 Å². The van der Waals surface area contributed by atoms with E-state index < -0.39 is 0 Å². The first-order chi connectivity index (χ1) is 13.3. The van der Waals surface area contributed by atoms with Crippen LogP contribution in [0.4, 0.5) is 5.82 Å². The summed E-state index contributed by atoms with van der Waals surface area (Å²) in [5.41, 5.74) is 3.04. The minimum atomic E-state index is 0.112. The maximum Gasteiger partial charge on any atom is 0.180 e. The number of aromatic nitrogens is 5. The Kier molecular flexibility index (Phi) is 5.11. The van der Waals surface area contributed by atoms with Crippen molar-refractivity contribution in [3.05, 3.63) is 53.9 Å². The number of rotatable bonds is 6. The summed E-state index contributed by atoms with van der Waals surface area (Å²) >= 11 is 0. The van der Waals surface area contributed by atoms with Gasteiger partial charge in [-0.3, -0.25) is 4.98 Å². The Morgan fingerprint density at radius 1 is 1.22 bits per heavy atom. The van der Waals surface area contributed by atoms with Crippen LogP contribution in [0.25, 0.3) is 11.5 Å². The van der Waals surface area contributed by atoms with Gasteiger partial charge in [0.15, 0.2) is 5.82 Å². The minimum absolute atomic E-state index is 0.112. The van der Waals surface area contributed by atoms with Crippen LogP contribution in [0.2, 0.25) is 0 Å². The van der Waals surface area contributed by atoms with E-state index in [1.54, 1.807) is 6.20 Å². The van der Waals surface area contributed by atoms with Crippen molar-refractivity contribution in [3.63, 3.8) is 0 Å². The van der Waals surface area contributed by atoms with Gasteiger partial charge in [0.1, 0.15) is 17.3 Å². The van der Waals surface area contributed by atoms with E-state index in [0.29, 0.717) is 5.82 Å². The van der Waals surface area contributed by atoms with Gasteiger partial charge in [0.25, 0.3) is 0 Å². The monoisotopic (exact) mass is 363 g/mol. The molecule has 1 unspecified atom stereocenters. The fourth-order valence-corrected chi connectivity index (χ4v) is 3.52. The van der Waals surface area contributed by atoms with Gasteiger partial charge in [-0.1, -0.05) is 19.4 Å². The minimum Gasteiger partial charge on any atom is -0.360 e. The maximum absolute atomic E-state index is 4.87. The molecule has 3 aromatic heterocycles. The fourth-order valence-electron chi connectivity index (χ4n) is 3.52. The number of imidazole rings is 1. The predicted molar refractivity (Wildman–Crippen MR) is 105 cm³/mol. The van der Waals surface area contributed by atoms with Crippen LogP contribution in [0.15, 0.2) is 36.8 Å². The zero-order valence-corrected chi connectivity index (χ0v) is 15.8. The summed E-state index contributed by atoms with van der Waals surface area (Å²) in [6, 6.07) is 5.93. The predicted octanol–water partition coefficient (Wildman–Crippen LogP) is 2.87. The molecule has 4 heterocycles. The average molecular weight is 363 g/mol. The van der Waals surface area contributed by atoms with Gasteiger partial charge in [-0.2, -0.15) is 0 Å². The first kappa shape index (κ1) is 17.6. The first-order valence-corrected chi connectivity index (χ1v) is 9.52. The summed E-state index contributed by atoms with van der Waals surface area (Å²) < 4.78 is 2.07. The summed E-state index contributed by atoms with van der Waals surface area (Å²) in [6.45, 7) is 3.89. The number of nitrogens with one attached hydrogen (secondary N) is 2. The Labute approximate surface area is 159 Å². The molecule has 7 nitrogen and oxygen atoms in total. The van der Waals surface area contributed by atoms with Crippen molar-refractivity contribution in [3.8, 4) is 11.5 Å². The van der Waals surface area contributed by atoms with Crippen molar-refractivity contribution >= 4 is 5.82 Å². The standard InChI is InChI=1S/C20H25N7/c1-3-6-16(20-23-11-12-27(20)2)24-18-14-8-10-21-13-17(14)25-19(26-18)15-7-4-5-9-22-15/h4-5,7,9,11-12,16,21H,3,6,8,10,13H2,1-2H3,(H,24,25,26). The highest BCUT2D eigenvalue weighted by atomic mass is 15.1. The van der Waals surface area contributed by atoms with Crippen LogP contribution in [0.3, 0.4) is 0 Å². The van der Waals surface area contributed by atoms with Gasteiger partial charge >= 0.3 is 0 Å². The van der Waals surface area contributed by atoms with Crippen LogP contribution < -0.4 is 10.6 Å². The van der Waals surface area contributed by atoms with Crippen LogP contribution in [0.5, 0.6) is 0 Å². The van der Waals surface area contributed by atoms with Crippen molar-refractivity contribution in [1.29, 1.82) is 0 Å². The van der Waals surface area contributed by atoms with Gasteiger partial charge in [-0.05, 0) is 31.5 Å². The van der Waals surface area contributed by atoms with E-state index in [-0.39, 0.29) is 6.04 Å². The normalized spacial score (nSPS) is 14.6. The van der Waals surface area contributed by atoms with Crippen molar-refractivity contribution in [2.24, 2.45) is 7.05 Å². The second-order valence-electron chi connectivity index (χ2n) is 6.84. The third kappa shape index (κ3) is 3.68. The molecule has 4 rings (SSSR count). The molecule has 0 bridgehead atoms. The van der Waals surface area contributed by atoms with Crippen molar-refractivity contribution < 1.29 is 0 Å². The van der Waals surface area contributed by atoms with Crippen molar-refractivity contribution in [2.75, 3.05) is 11.9 Å². The SMILES string of the molecule is CCCC(Nc1nc(-c2ccccn2)nc2c1CCNC2)c1nccn1C. The molecule has 27 heavy (non-hydrogen) atoms. The highest BCUT2D eigenvalue weighted by Crippen LogP contribution is 2.28. The molecule has 0 saturated heterocycles. The third-order valence-electron chi connectivity index (χ3n) is 4.89. The van der Waals surface area contributed by atoms with E-state index in [1.807, 2.05) is 37.6 Å². The Morgan fingerprint density at radius 2 is 2.15 bits per heavy atom. The Balaban J connectivity index is 1.75. The number of anilines is 1. The molecule has 0 spiro atoms. The highest BCUT2D eigenvalue weighted by Gasteiger charge is 2.22. The molecule has 0 aromatic carbocycles. The summed E-state index contributed by atoms with van der Waals surface area (Å²) in [6.07, 6.45) is 8.57. The van der Waals surface area contributed by atoms with E-state index in [9.17, 15) is 0 Å². The lowest BCUT2D eigenvalue weighted by molar-refractivity contribution is 0.599. The lowest BCUT2D eigenvalue weighted by Crippen LogP contribution is -2.27. The van der Waals surface area contributed by atoms with Crippen LogP contribution in [-0.2, 0) is 20.0 Å². The highest BCUT2D eigenvalue weighted by molar-refractivity contribution is 5.57. The van der Waals surface area contributed by atoms with Crippen molar-refractivity contribution in [1.82, 2.24) is 29.8 Å². The second kappa shape index (κ2) is 7.84. The molecule has 3 aromatic rings. The lowest BCUT2D eigenvalue weighted by atomic mass is 10.1. The van der Waals surface area contributed by atoms with E-state index in [0.717, 1.165) is 55.4 Å². The van der Waals surface area contributed by atoms with Crippen LogP contribution >= 0.6 is 0 Å². The smallest absolute Gasteiger partial charge is 0.180 e. The zero-order valence-electron chi connectivity index (χ0n) is 15.8. The Bertz CT molecular complexity index is 904. The molecule has 1 aliphatic heterocycles. The van der Waals surface area contributed by atoms with Gasteiger partial charge in [0, 0.05) is 37.7 Å². The maximum atomic E-state index is 4.87. The van der Waals surface area contributed by atoms with Crippen LogP contribution in [0.1, 0.15) is 42.9 Å². The van der Waals surface area contributed by atoms with Gasteiger partial charge < -0.3 is 15.2 Å².